The second-order valence-corrected chi connectivity index (χ2v) is 22.9. The lowest BCUT2D eigenvalue weighted by Gasteiger charge is -2.72. The van der Waals surface area contributed by atoms with Crippen molar-refractivity contribution in [2.24, 2.45) is 56.2 Å². The van der Waals surface area contributed by atoms with E-state index in [1.165, 1.54) is 5.57 Å². The van der Waals surface area contributed by atoms with Crippen molar-refractivity contribution < 1.29 is 34.1 Å². The molecule has 5 aliphatic carbocycles. The average molecular weight is 844 g/mol. The summed E-state index contributed by atoms with van der Waals surface area (Å²) in [5.74, 6) is -0.122. The Labute approximate surface area is 366 Å². The number of allylic oxidation sites excluding steroid dienone is 1. The second kappa shape index (κ2) is 16.5. The molecular weight excluding hydrogens is 767 g/mol. The molecule has 1 saturated heterocycles. The number of hydrogen-bond acceptors (Lipinski definition) is 8. The minimum absolute atomic E-state index is 0.00160. The van der Waals surface area contributed by atoms with Gasteiger partial charge in [0.1, 0.15) is 6.10 Å². The van der Waals surface area contributed by atoms with Crippen LogP contribution in [0.15, 0.2) is 41.5 Å². The standard InChI is InChI=1S/C51H77N3O7/c1-33(2)43-36(55)28-51(39(56)31-53(30-34-14-12-11-13-15-34)32-41(57)54-26-24-52(10)25-27-54)23-22-49(8)35(44(43)51)16-17-38-48(7)20-19-40(61-42(58)29-46(3,4)45(59)60)47(5,6)37(48)18-21-50(38,49)9/h11-15,33,35,37-40,56H,16-32H2,1-10H3,(H,59,60)/t35-,37+,38-,39+,40-,48+,49-,50-,51+/m1/s1. The predicted molar refractivity (Wildman–Crippen MR) is 237 cm³/mol. The van der Waals surface area contributed by atoms with Gasteiger partial charge in [0, 0.05) is 56.5 Å². The number of Topliss-reactive ketones (excluding diaryl/α,β-unsaturated/α-hetero) is 1. The average Bonchev–Trinajstić information content (AvgIpc) is 3.50. The molecule has 9 atom stereocenters. The second-order valence-electron chi connectivity index (χ2n) is 22.9. The maximum absolute atomic E-state index is 14.4. The summed E-state index contributed by atoms with van der Waals surface area (Å²) in [6.45, 7) is 23.8. The molecule has 6 aliphatic rings. The summed E-state index contributed by atoms with van der Waals surface area (Å²) >= 11 is 0. The van der Waals surface area contributed by atoms with E-state index in [4.69, 9.17) is 4.74 Å². The molecule has 0 bridgehead atoms. The first kappa shape index (κ1) is 45.9. The van der Waals surface area contributed by atoms with Crippen LogP contribution in [-0.2, 0) is 30.5 Å². The molecule has 7 rings (SSSR count). The van der Waals surface area contributed by atoms with Crippen molar-refractivity contribution in [3.63, 3.8) is 0 Å². The van der Waals surface area contributed by atoms with Gasteiger partial charge in [0.05, 0.1) is 24.5 Å². The summed E-state index contributed by atoms with van der Waals surface area (Å²) in [5.41, 5.74) is 1.13. The molecule has 2 N–H and O–H groups in total. The number of nitrogens with zero attached hydrogens (tertiary/aromatic N) is 3. The SMILES string of the molecule is CC(C)C1=C2[C@H]3CC[C@@H]4[C@@]5(C)CC[C@@H](OC(=O)CC(C)(C)C(=O)O)C(C)(C)[C@@H]5CC[C@@]4(C)[C@]3(C)CC[C@@]2([C@@H](O)CN(CC(=O)N2CCN(C)CC2)Cc2ccccc2)CC1=O. The lowest BCUT2D eigenvalue weighted by molar-refractivity contribution is -0.235. The van der Waals surface area contributed by atoms with E-state index in [-0.39, 0.29) is 64.3 Å². The number of fused-ring (bicyclic) bond motifs is 7. The third kappa shape index (κ3) is 7.85. The molecule has 1 aromatic rings. The minimum atomic E-state index is -1.18. The molecule has 0 spiro atoms. The van der Waals surface area contributed by atoms with E-state index in [1.807, 2.05) is 23.1 Å². The number of amides is 1. The lowest BCUT2D eigenvalue weighted by atomic mass is 9.33. The van der Waals surface area contributed by atoms with Crippen molar-refractivity contribution >= 4 is 23.6 Å². The number of esters is 1. The number of carbonyl (C=O) groups excluding carboxylic acids is 3. The third-order valence-corrected chi connectivity index (χ3v) is 18.4. The number of carboxylic acids is 1. The van der Waals surface area contributed by atoms with Gasteiger partial charge >= 0.3 is 11.9 Å². The Bertz CT molecular complexity index is 1880. The lowest BCUT2D eigenvalue weighted by Crippen LogP contribution is -2.66. The van der Waals surface area contributed by atoms with Gasteiger partial charge in [-0.2, -0.15) is 0 Å². The Morgan fingerprint density at radius 3 is 2.20 bits per heavy atom. The van der Waals surface area contributed by atoms with Crippen molar-refractivity contribution in [3.05, 3.63) is 47.0 Å². The van der Waals surface area contributed by atoms with Crippen molar-refractivity contribution in [3.8, 4) is 0 Å². The number of aliphatic hydroxyl groups is 1. The van der Waals surface area contributed by atoms with Crippen LogP contribution in [0.25, 0.3) is 0 Å². The number of ketones is 1. The third-order valence-electron chi connectivity index (χ3n) is 18.4. The van der Waals surface area contributed by atoms with Crippen LogP contribution in [0.5, 0.6) is 0 Å². The number of carbonyl (C=O) groups is 4. The number of ether oxygens (including phenoxy) is 1. The van der Waals surface area contributed by atoms with Gasteiger partial charge in [0.2, 0.25) is 5.91 Å². The van der Waals surface area contributed by atoms with Crippen molar-refractivity contribution in [2.75, 3.05) is 46.3 Å². The van der Waals surface area contributed by atoms with Gasteiger partial charge in [0.25, 0.3) is 0 Å². The van der Waals surface area contributed by atoms with E-state index in [0.717, 1.165) is 75.6 Å². The van der Waals surface area contributed by atoms with Gasteiger partial charge in [-0.25, -0.2) is 0 Å². The zero-order chi connectivity index (χ0) is 44.5. The zero-order valence-corrected chi connectivity index (χ0v) is 39.1. The summed E-state index contributed by atoms with van der Waals surface area (Å²) < 4.78 is 6.20. The van der Waals surface area contributed by atoms with Crippen LogP contribution in [0.3, 0.4) is 0 Å². The normalized spacial score (nSPS) is 35.6. The molecule has 10 nitrogen and oxygen atoms in total. The molecular formula is C51H77N3O7. The van der Waals surface area contributed by atoms with Gasteiger partial charge in [0.15, 0.2) is 5.78 Å². The first-order valence-electron chi connectivity index (χ1n) is 23.6. The number of piperazine rings is 1. The fourth-order valence-electron chi connectivity index (χ4n) is 14.7. The fourth-order valence-corrected chi connectivity index (χ4v) is 14.7. The van der Waals surface area contributed by atoms with Gasteiger partial charge in [-0.15, -0.1) is 0 Å². The van der Waals surface area contributed by atoms with Crippen LogP contribution in [-0.4, -0.2) is 107 Å². The van der Waals surface area contributed by atoms with Crippen molar-refractivity contribution in [1.29, 1.82) is 0 Å². The highest BCUT2D eigenvalue weighted by Gasteiger charge is 2.71. The zero-order valence-electron chi connectivity index (χ0n) is 39.1. The van der Waals surface area contributed by atoms with Crippen LogP contribution >= 0.6 is 0 Å². The number of carboxylic acid groups (broad SMARTS) is 1. The van der Waals surface area contributed by atoms with E-state index in [9.17, 15) is 29.4 Å². The highest BCUT2D eigenvalue weighted by molar-refractivity contribution is 6.00. The van der Waals surface area contributed by atoms with E-state index < -0.39 is 28.9 Å². The molecule has 4 saturated carbocycles. The van der Waals surface area contributed by atoms with E-state index in [0.29, 0.717) is 44.4 Å². The van der Waals surface area contributed by atoms with E-state index in [1.54, 1.807) is 13.8 Å². The summed E-state index contributed by atoms with van der Waals surface area (Å²) in [6.07, 6.45) is 6.62. The minimum Gasteiger partial charge on any atom is -0.481 e. The molecule has 5 fully saturated rings. The summed E-state index contributed by atoms with van der Waals surface area (Å²) in [6, 6.07) is 10.2. The summed E-state index contributed by atoms with van der Waals surface area (Å²) in [5, 5.41) is 22.5. The maximum Gasteiger partial charge on any atom is 0.309 e. The molecule has 1 heterocycles. The van der Waals surface area contributed by atoms with Crippen LogP contribution in [0.4, 0.5) is 0 Å². The molecule has 338 valence electrons. The number of hydrogen-bond donors (Lipinski definition) is 2. The quantitative estimate of drug-likeness (QED) is 0.201. The maximum atomic E-state index is 14.4. The van der Waals surface area contributed by atoms with Crippen molar-refractivity contribution in [2.45, 2.75) is 145 Å². The highest BCUT2D eigenvalue weighted by Crippen LogP contribution is 2.77. The predicted octanol–water partition coefficient (Wildman–Crippen LogP) is 8.02. The molecule has 0 aromatic heterocycles. The molecule has 10 heteroatoms. The first-order chi connectivity index (χ1) is 28.5. The van der Waals surface area contributed by atoms with Gasteiger partial charge in [-0.3, -0.25) is 24.1 Å². The van der Waals surface area contributed by atoms with Crippen LogP contribution in [0.1, 0.15) is 132 Å². The number of rotatable bonds is 12. The largest absolute Gasteiger partial charge is 0.481 e. The van der Waals surface area contributed by atoms with Crippen LogP contribution in [0, 0.1) is 56.2 Å². The Morgan fingerprint density at radius 1 is 0.885 bits per heavy atom. The van der Waals surface area contributed by atoms with E-state index >= 15 is 0 Å². The molecule has 1 amide bonds. The fraction of sp³-hybridized carbons (Fsp3) is 0.765. The molecule has 1 aliphatic heterocycles. The van der Waals surface area contributed by atoms with Gasteiger partial charge in [-0.05, 0) is 123 Å². The topological polar surface area (TPSA) is 128 Å². The van der Waals surface area contributed by atoms with Crippen molar-refractivity contribution in [1.82, 2.24) is 14.7 Å². The Balaban J connectivity index is 1.16. The van der Waals surface area contributed by atoms with Gasteiger partial charge in [-0.1, -0.05) is 84.4 Å². The Kier molecular flexibility index (Phi) is 12.4. The highest BCUT2D eigenvalue weighted by atomic mass is 16.5. The van der Waals surface area contributed by atoms with Crippen LogP contribution < -0.4 is 0 Å². The molecule has 61 heavy (non-hydrogen) atoms. The van der Waals surface area contributed by atoms with Gasteiger partial charge < -0.3 is 24.7 Å². The molecule has 0 unspecified atom stereocenters. The smallest absolute Gasteiger partial charge is 0.309 e. The number of aliphatic hydroxyl groups excluding tert-OH is 1. The molecule has 1 aromatic carbocycles. The number of aliphatic carboxylic acids is 1. The summed E-state index contributed by atoms with van der Waals surface area (Å²) in [4.78, 5) is 59.7. The summed E-state index contributed by atoms with van der Waals surface area (Å²) in [7, 11) is 2.09. The number of likely N-dealkylation sites (N-methyl/N-ethyl adjacent to an activating group) is 1. The Morgan fingerprint density at radius 2 is 1.56 bits per heavy atom. The number of benzene rings is 1. The molecule has 0 radical (unpaired) electrons. The van der Waals surface area contributed by atoms with Crippen LogP contribution in [0.2, 0.25) is 0 Å². The first-order valence-corrected chi connectivity index (χ1v) is 23.6. The Hall–Kier alpha value is -3.08. The monoisotopic (exact) mass is 844 g/mol. The van der Waals surface area contributed by atoms with E-state index in [2.05, 4.69) is 77.4 Å².